The Morgan fingerprint density at radius 1 is 1.24 bits per heavy atom. The zero-order valence-corrected chi connectivity index (χ0v) is 15.0. The average molecular weight is 362 g/mol. The molecule has 132 valence electrons. The van der Waals surface area contributed by atoms with E-state index < -0.39 is 0 Å². The van der Waals surface area contributed by atoms with Crippen LogP contribution in [0.15, 0.2) is 40.8 Å². The van der Waals surface area contributed by atoms with Crippen molar-refractivity contribution in [2.75, 3.05) is 13.7 Å². The van der Waals surface area contributed by atoms with Gasteiger partial charge in [-0.3, -0.25) is 9.59 Å². The molecule has 0 saturated heterocycles. The lowest BCUT2D eigenvalue weighted by Gasteiger charge is -2.15. The Morgan fingerprint density at radius 2 is 1.92 bits per heavy atom. The van der Waals surface area contributed by atoms with E-state index >= 15 is 0 Å². The number of rotatable bonds is 6. The summed E-state index contributed by atoms with van der Waals surface area (Å²) in [5.74, 6) is 1.16. The second kappa shape index (κ2) is 7.31. The third kappa shape index (κ3) is 4.42. The van der Waals surface area contributed by atoms with Crippen LogP contribution in [0.25, 0.3) is 11.3 Å². The first-order chi connectivity index (χ1) is 11.9. The van der Waals surface area contributed by atoms with Crippen molar-refractivity contribution < 1.29 is 18.7 Å². The van der Waals surface area contributed by atoms with Gasteiger partial charge in [-0.1, -0.05) is 18.5 Å². The first kappa shape index (κ1) is 17.5. The van der Waals surface area contributed by atoms with Gasteiger partial charge in [-0.25, -0.2) is 0 Å². The minimum absolute atomic E-state index is 0.0369. The van der Waals surface area contributed by atoms with Gasteiger partial charge in [-0.2, -0.15) is 0 Å². The van der Waals surface area contributed by atoms with Gasteiger partial charge in [0.15, 0.2) is 6.61 Å². The van der Waals surface area contributed by atoms with Crippen molar-refractivity contribution >= 4 is 23.5 Å². The van der Waals surface area contributed by atoms with Crippen molar-refractivity contribution in [3.8, 4) is 11.3 Å². The minimum Gasteiger partial charge on any atom is -0.459 e. The summed E-state index contributed by atoms with van der Waals surface area (Å²) in [5.41, 5.74) is 0.914. The third-order valence-electron chi connectivity index (χ3n) is 4.36. The van der Waals surface area contributed by atoms with Gasteiger partial charge in [0.05, 0.1) is 12.5 Å². The van der Waals surface area contributed by atoms with Crippen molar-refractivity contribution in [2.24, 2.45) is 11.8 Å². The van der Waals surface area contributed by atoms with Crippen molar-refractivity contribution in [3.63, 3.8) is 0 Å². The molecule has 2 aromatic rings. The maximum absolute atomic E-state index is 12.1. The molecule has 1 aliphatic carbocycles. The van der Waals surface area contributed by atoms with Crippen LogP contribution in [0.2, 0.25) is 5.02 Å². The minimum atomic E-state index is -0.280. The van der Waals surface area contributed by atoms with Crippen LogP contribution in [0.4, 0.5) is 0 Å². The first-order valence-corrected chi connectivity index (χ1v) is 8.57. The van der Waals surface area contributed by atoms with Gasteiger partial charge >= 0.3 is 5.97 Å². The molecule has 0 bridgehead atoms. The van der Waals surface area contributed by atoms with Crippen LogP contribution in [0, 0.1) is 11.8 Å². The van der Waals surface area contributed by atoms with E-state index in [9.17, 15) is 9.59 Å². The lowest BCUT2D eigenvalue weighted by Crippen LogP contribution is -2.31. The van der Waals surface area contributed by atoms with Crippen LogP contribution in [0.5, 0.6) is 0 Å². The Hall–Kier alpha value is -2.27. The molecular weight excluding hydrogens is 342 g/mol. The molecule has 0 aliphatic heterocycles. The summed E-state index contributed by atoms with van der Waals surface area (Å²) >= 11 is 5.88. The molecule has 5 nitrogen and oxygen atoms in total. The Kier molecular flexibility index (Phi) is 5.13. The standard InChI is InChI=1S/C19H20ClNO4/c1-12-9-16(12)19(23)24-11-18(22)21(2)10-15-7-8-17(25-15)13-3-5-14(20)6-4-13/h3-8,12,16H,9-11H2,1-2H3/t12-,16+/m0/s1. The molecule has 3 rings (SSSR count). The molecule has 0 spiro atoms. The fourth-order valence-electron chi connectivity index (χ4n) is 2.55. The molecule has 1 aromatic carbocycles. The number of halogens is 1. The summed E-state index contributed by atoms with van der Waals surface area (Å²) < 4.78 is 10.8. The Morgan fingerprint density at radius 3 is 2.56 bits per heavy atom. The SMILES string of the molecule is C[C@H]1C[C@H]1C(=O)OCC(=O)N(C)Cc1ccc(-c2ccc(Cl)cc2)o1. The predicted octanol–water partition coefficient (Wildman–Crippen LogP) is 3.76. The zero-order valence-electron chi connectivity index (χ0n) is 14.2. The fourth-order valence-corrected chi connectivity index (χ4v) is 2.68. The molecule has 1 fully saturated rings. The van der Waals surface area contributed by atoms with Crippen LogP contribution in [0.1, 0.15) is 19.1 Å². The highest BCUT2D eigenvalue weighted by Gasteiger charge is 2.40. The molecule has 1 amide bonds. The highest BCUT2D eigenvalue weighted by molar-refractivity contribution is 6.30. The van der Waals surface area contributed by atoms with Crippen molar-refractivity contribution in [3.05, 3.63) is 47.2 Å². The lowest BCUT2D eigenvalue weighted by molar-refractivity contribution is -0.153. The number of likely N-dealkylation sites (N-methyl/N-ethyl adjacent to an activating group) is 1. The second-order valence-corrected chi connectivity index (χ2v) is 6.89. The summed E-state index contributed by atoms with van der Waals surface area (Å²) in [6.45, 7) is 2.07. The molecule has 1 saturated carbocycles. The normalized spacial score (nSPS) is 18.7. The number of hydrogen-bond acceptors (Lipinski definition) is 4. The number of esters is 1. The van der Waals surface area contributed by atoms with E-state index in [1.807, 2.05) is 31.2 Å². The van der Waals surface area contributed by atoms with Gasteiger partial charge in [0.1, 0.15) is 11.5 Å². The summed E-state index contributed by atoms with van der Waals surface area (Å²) in [5, 5.41) is 0.663. The Bertz CT molecular complexity index is 768. The number of amides is 1. The second-order valence-electron chi connectivity index (χ2n) is 6.45. The number of furan rings is 1. The molecule has 1 heterocycles. The summed E-state index contributed by atoms with van der Waals surface area (Å²) in [6, 6.07) is 11.0. The number of carbonyl (C=O) groups excluding carboxylic acids is 2. The van der Waals surface area contributed by atoms with Crippen molar-refractivity contribution in [2.45, 2.75) is 19.9 Å². The number of hydrogen-bond donors (Lipinski definition) is 0. The van der Waals surface area contributed by atoms with Gasteiger partial charge in [-0.05, 0) is 48.7 Å². The average Bonchev–Trinajstić information content (AvgIpc) is 3.15. The number of ether oxygens (including phenoxy) is 1. The third-order valence-corrected chi connectivity index (χ3v) is 4.61. The van der Waals surface area contributed by atoms with Crippen molar-refractivity contribution in [1.29, 1.82) is 0 Å². The molecule has 2 atom stereocenters. The van der Waals surface area contributed by atoms with E-state index in [4.69, 9.17) is 20.8 Å². The van der Waals surface area contributed by atoms with Crippen LogP contribution >= 0.6 is 11.6 Å². The predicted molar refractivity (Wildman–Crippen MR) is 93.9 cm³/mol. The van der Waals surface area contributed by atoms with Crippen molar-refractivity contribution in [1.82, 2.24) is 4.90 Å². The monoisotopic (exact) mass is 361 g/mol. The first-order valence-electron chi connectivity index (χ1n) is 8.19. The quantitative estimate of drug-likeness (QED) is 0.735. The van der Waals surface area contributed by atoms with E-state index in [2.05, 4.69) is 0 Å². The van der Waals surface area contributed by atoms with E-state index in [0.29, 0.717) is 29.0 Å². The Labute approximate surface area is 151 Å². The van der Waals surface area contributed by atoms with Gasteiger partial charge < -0.3 is 14.1 Å². The van der Waals surface area contributed by atoms with Gasteiger partial charge in [0.2, 0.25) is 0 Å². The fraction of sp³-hybridized carbons (Fsp3) is 0.368. The van der Waals surface area contributed by atoms with Crippen LogP contribution in [0.3, 0.4) is 0 Å². The maximum atomic E-state index is 12.1. The number of nitrogens with zero attached hydrogens (tertiary/aromatic N) is 1. The van der Waals surface area contributed by atoms with E-state index in [1.165, 1.54) is 4.90 Å². The lowest BCUT2D eigenvalue weighted by atomic mass is 10.2. The molecule has 25 heavy (non-hydrogen) atoms. The van der Waals surface area contributed by atoms with E-state index in [-0.39, 0.29) is 24.4 Å². The molecule has 0 N–H and O–H groups in total. The molecular formula is C19H20ClNO4. The zero-order chi connectivity index (χ0) is 18.0. The Balaban J connectivity index is 1.52. The smallest absolute Gasteiger partial charge is 0.309 e. The highest BCUT2D eigenvalue weighted by Crippen LogP contribution is 2.38. The maximum Gasteiger partial charge on any atom is 0.309 e. The largest absolute Gasteiger partial charge is 0.459 e. The van der Waals surface area contributed by atoms with Gasteiger partial charge in [0.25, 0.3) is 5.91 Å². The van der Waals surface area contributed by atoms with Crippen LogP contribution in [-0.2, 0) is 20.9 Å². The van der Waals surface area contributed by atoms with Crippen LogP contribution < -0.4 is 0 Å². The molecule has 0 unspecified atom stereocenters. The van der Waals surface area contributed by atoms with Gasteiger partial charge in [0, 0.05) is 17.6 Å². The summed E-state index contributed by atoms with van der Waals surface area (Å²) in [4.78, 5) is 25.2. The van der Waals surface area contributed by atoms with E-state index in [1.54, 1.807) is 19.2 Å². The highest BCUT2D eigenvalue weighted by atomic mass is 35.5. The number of benzene rings is 1. The number of carbonyl (C=O) groups is 2. The van der Waals surface area contributed by atoms with Gasteiger partial charge in [-0.15, -0.1) is 0 Å². The molecule has 1 aromatic heterocycles. The summed E-state index contributed by atoms with van der Waals surface area (Å²) in [7, 11) is 1.65. The molecule has 0 radical (unpaired) electrons. The van der Waals surface area contributed by atoms with E-state index in [0.717, 1.165) is 12.0 Å². The topological polar surface area (TPSA) is 59.8 Å². The van der Waals surface area contributed by atoms with Crippen LogP contribution in [-0.4, -0.2) is 30.4 Å². The summed E-state index contributed by atoms with van der Waals surface area (Å²) in [6.07, 6.45) is 0.850. The molecule has 6 heteroatoms. The molecule has 1 aliphatic rings.